The molecule has 0 unspecified atom stereocenters. The summed E-state index contributed by atoms with van der Waals surface area (Å²) >= 11 is 3.40. The fourth-order valence-corrected chi connectivity index (χ4v) is 3.11. The molecule has 1 aliphatic heterocycles. The van der Waals surface area contributed by atoms with Crippen LogP contribution in [0.15, 0.2) is 22.7 Å². The molecule has 0 bridgehead atoms. The molecule has 1 fully saturated rings. The summed E-state index contributed by atoms with van der Waals surface area (Å²) in [6, 6.07) is 5.68. The Hall–Kier alpha value is -1.40. The van der Waals surface area contributed by atoms with E-state index in [-0.39, 0.29) is 24.3 Å². The minimum absolute atomic E-state index is 0.0356. The highest BCUT2D eigenvalue weighted by atomic mass is 79.9. The van der Waals surface area contributed by atoms with Crippen LogP contribution in [-0.2, 0) is 9.59 Å². The zero-order chi connectivity index (χ0) is 16.1. The van der Waals surface area contributed by atoms with E-state index in [1.807, 2.05) is 25.1 Å². The monoisotopic (exact) mass is 367 g/mol. The third kappa shape index (κ3) is 4.55. The Morgan fingerprint density at radius 2 is 2.05 bits per heavy atom. The molecule has 0 atom stereocenters. The van der Waals surface area contributed by atoms with Gasteiger partial charge in [-0.15, -0.1) is 0 Å². The van der Waals surface area contributed by atoms with Gasteiger partial charge in [0.2, 0.25) is 11.8 Å². The number of carbonyl (C=O) groups is 2. The largest absolute Gasteiger partial charge is 0.336 e. The van der Waals surface area contributed by atoms with E-state index in [0.29, 0.717) is 0 Å². The van der Waals surface area contributed by atoms with Crippen molar-refractivity contribution in [1.29, 1.82) is 0 Å². The van der Waals surface area contributed by atoms with Crippen LogP contribution in [0.25, 0.3) is 0 Å². The van der Waals surface area contributed by atoms with Crippen LogP contribution in [-0.4, -0.2) is 43.4 Å². The summed E-state index contributed by atoms with van der Waals surface area (Å²) in [6.07, 6.45) is 1.69. The molecule has 1 aromatic carbocycles. The summed E-state index contributed by atoms with van der Waals surface area (Å²) in [7, 11) is 1.69. The maximum Gasteiger partial charge on any atom is 0.243 e. The molecule has 6 heteroatoms. The average Bonchev–Trinajstić information content (AvgIpc) is 2.50. The molecule has 0 saturated carbocycles. The maximum absolute atomic E-state index is 12.3. The van der Waals surface area contributed by atoms with Crippen LogP contribution >= 0.6 is 15.9 Å². The van der Waals surface area contributed by atoms with Crippen LogP contribution < -0.4 is 10.6 Å². The Morgan fingerprint density at radius 3 is 2.68 bits per heavy atom. The molecule has 0 aromatic heterocycles. The van der Waals surface area contributed by atoms with Crippen molar-refractivity contribution < 1.29 is 9.59 Å². The quantitative estimate of drug-likeness (QED) is 0.856. The topological polar surface area (TPSA) is 61.4 Å². The lowest BCUT2D eigenvalue weighted by atomic mass is 9.97. The molecule has 2 rings (SSSR count). The molecule has 0 spiro atoms. The number of rotatable bonds is 4. The number of halogens is 1. The van der Waals surface area contributed by atoms with E-state index in [0.717, 1.165) is 41.7 Å². The number of benzene rings is 1. The number of aryl methyl sites for hydroxylation is 1. The predicted octanol–water partition coefficient (Wildman–Crippen LogP) is 2.15. The lowest BCUT2D eigenvalue weighted by molar-refractivity contribution is -0.137. The first-order chi connectivity index (χ1) is 10.5. The van der Waals surface area contributed by atoms with Gasteiger partial charge in [-0.3, -0.25) is 9.59 Å². The van der Waals surface area contributed by atoms with E-state index in [4.69, 9.17) is 0 Å². The first-order valence-corrected chi connectivity index (χ1v) is 8.28. The van der Waals surface area contributed by atoms with Crippen molar-refractivity contribution in [2.75, 3.05) is 32.0 Å². The van der Waals surface area contributed by atoms with Gasteiger partial charge in [-0.1, -0.05) is 15.9 Å². The predicted molar refractivity (Wildman–Crippen MR) is 90.7 cm³/mol. The maximum atomic E-state index is 12.3. The summed E-state index contributed by atoms with van der Waals surface area (Å²) in [5, 5.41) is 6.10. The van der Waals surface area contributed by atoms with Gasteiger partial charge in [0, 0.05) is 23.1 Å². The van der Waals surface area contributed by atoms with E-state index in [1.54, 1.807) is 7.05 Å². The lowest BCUT2D eigenvalue weighted by Gasteiger charge is -2.26. The van der Waals surface area contributed by atoms with Crippen LogP contribution in [0.2, 0.25) is 0 Å². The number of amides is 2. The minimum Gasteiger partial charge on any atom is -0.336 e. The van der Waals surface area contributed by atoms with Crippen molar-refractivity contribution in [3.8, 4) is 0 Å². The highest BCUT2D eigenvalue weighted by Gasteiger charge is 2.24. The van der Waals surface area contributed by atoms with Crippen molar-refractivity contribution in [3.63, 3.8) is 0 Å². The van der Waals surface area contributed by atoms with Gasteiger partial charge in [0.15, 0.2) is 0 Å². The second kappa shape index (κ2) is 7.74. The highest BCUT2D eigenvalue weighted by Crippen LogP contribution is 2.20. The summed E-state index contributed by atoms with van der Waals surface area (Å²) in [5.41, 5.74) is 1.76. The number of carbonyl (C=O) groups excluding carboxylic acids is 2. The molecule has 2 N–H and O–H groups in total. The molecule has 1 aromatic rings. The Bertz CT molecular complexity index is 556. The Labute approximate surface area is 139 Å². The summed E-state index contributed by atoms with van der Waals surface area (Å²) in [6.45, 7) is 3.76. The smallest absolute Gasteiger partial charge is 0.243 e. The number of anilines is 1. The molecule has 2 amide bonds. The van der Waals surface area contributed by atoms with Crippen LogP contribution in [0, 0.1) is 12.8 Å². The van der Waals surface area contributed by atoms with Crippen molar-refractivity contribution in [2.24, 2.45) is 5.92 Å². The first kappa shape index (κ1) is 17.0. The van der Waals surface area contributed by atoms with E-state index in [2.05, 4.69) is 26.6 Å². The first-order valence-electron chi connectivity index (χ1n) is 7.49. The third-order valence-electron chi connectivity index (χ3n) is 3.91. The molecular formula is C16H22BrN3O2. The molecule has 0 radical (unpaired) electrons. The molecule has 1 heterocycles. The molecule has 120 valence electrons. The molecule has 1 aliphatic rings. The second-order valence-electron chi connectivity index (χ2n) is 5.73. The SMILES string of the molecule is Cc1cc(Br)ccc1NC(=O)CN(C)C(=O)C1CCNCC1. The van der Waals surface area contributed by atoms with Crippen molar-refractivity contribution in [1.82, 2.24) is 10.2 Å². The minimum atomic E-state index is -0.171. The van der Waals surface area contributed by atoms with E-state index < -0.39 is 0 Å². The van der Waals surface area contributed by atoms with Crippen LogP contribution in [0.5, 0.6) is 0 Å². The van der Waals surface area contributed by atoms with Gasteiger partial charge < -0.3 is 15.5 Å². The molecular weight excluding hydrogens is 346 g/mol. The van der Waals surface area contributed by atoms with Gasteiger partial charge in [0.05, 0.1) is 6.54 Å². The molecule has 1 saturated heterocycles. The molecule has 22 heavy (non-hydrogen) atoms. The van der Waals surface area contributed by atoms with Crippen LogP contribution in [0.1, 0.15) is 18.4 Å². The summed E-state index contributed by atoms with van der Waals surface area (Å²) in [5.74, 6) is -0.0761. The third-order valence-corrected chi connectivity index (χ3v) is 4.40. The summed E-state index contributed by atoms with van der Waals surface area (Å²) < 4.78 is 0.973. The van der Waals surface area contributed by atoms with Gasteiger partial charge >= 0.3 is 0 Å². The number of likely N-dealkylation sites (N-methyl/N-ethyl adjacent to an activating group) is 1. The van der Waals surface area contributed by atoms with Crippen LogP contribution in [0.3, 0.4) is 0 Å². The number of nitrogens with one attached hydrogen (secondary N) is 2. The molecule has 0 aliphatic carbocycles. The fraction of sp³-hybridized carbons (Fsp3) is 0.500. The second-order valence-corrected chi connectivity index (χ2v) is 6.64. The average molecular weight is 368 g/mol. The number of nitrogens with zero attached hydrogens (tertiary/aromatic N) is 1. The van der Waals surface area contributed by atoms with Gasteiger partial charge in [-0.05, 0) is 56.6 Å². The normalized spacial score (nSPS) is 15.4. The van der Waals surface area contributed by atoms with Gasteiger partial charge in [-0.2, -0.15) is 0 Å². The van der Waals surface area contributed by atoms with Crippen molar-refractivity contribution in [2.45, 2.75) is 19.8 Å². The van der Waals surface area contributed by atoms with Crippen LogP contribution in [0.4, 0.5) is 5.69 Å². The summed E-state index contributed by atoms with van der Waals surface area (Å²) in [4.78, 5) is 26.0. The van der Waals surface area contributed by atoms with Crippen molar-refractivity contribution >= 4 is 33.4 Å². The highest BCUT2D eigenvalue weighted by molar-refractivity contribution is 9.10. The number of hydrogen-bond acceptors (Lipinski definition) is 3. The fourth-order valence-electron chi connectivity index (χ4n) is 2.63. The van der Waals surface area contributed by atoms with E-state index in [1.165, 1.54) is 4.90 Å². The van der Waals surface area contributed by atoms with Gasteiger partial charge in [0.25, 0.3) is 0 Å². The molecule has 5 nitrogen and oxygen atoms in total. The lowest BCUT2D eigenvalue weighted by Crippen LogP contribution is -2.42. The Morgan fingerprint density at radius 1 is 1.36 bits per heavy atom. The standard InChI is InChI=1S/C16H22BrN3O2/c1-11-9-13(17)3-4-14(11)19-15(21)10-20(2)16(22)12-5-7-18-8-6-12/h3-4,9,12,18H,5-8,10H2,1-2H3,(H,19,21). The number of hydrogen-bond donors (Lipinski definition) is 2. The van der Waals surface area contributed by atoms with Crippen molar-refractivity contribution in [3.05, 3.63) is 28.2 Å². The number of piperidine rings is 1. The van der Waals surface area contributed by atoms with E-state index >= 15 is 0 Å². The van der Waals surface area contributed by atoms with E-state index in [9.17, 15) is 9.59 Å². The Balaban J connectivity index is 1.89. The zero-order valence-electron chi connectivity index (χ0n) is 13.0. The Kier molecular flexibility index (Phi) is 5.97. The van der Waals surface area contributed by atoms with Gasteiger partial charge in [0.1, 0.15) is 0 Å². The zero-order valence-corrected chi connectivity index (χ0v) is 14.6. The van der Waals surface area contributed by atoms with Gasteiger partial charge in [-0.25, -0.2) is 0 Å².